The summed E-state index contributed by atoms with van der Waals surface area (Å²) in [6.07, 6.45) is 9.70. The molecule has 170 valence electrons. The van der Waals surface area contributed by atoms with Crippen molar-refractivity contribution in [2.75, 3.05) is 0 Å². The Labute approximate surface area is 194 Å². The molecule has 0 saturated heterocycles. The Morgan fingerprint density at radius 3 is 2.65 bits per heavy atom. The molecule has 0 atom stereocenters. The quantitative estimate of drug-likeness (QED) is 0.390. The van der Waals surface area contributed by atoms with Gasteiger partial charge in [0.15, 0.2) is 5.82 Å². The fourth-order valence-electron chi connectivity index (χ4n) is 4.82. The maximum absolute atomic E-state index is 15.2. The van der Waals surface area contributed by atoms with E-state index in [1.807, 2.05) is 42.1 Å². The van der Waals surface area contributed by atoms with Crippen molar-refractivity contribution in [2.45, 2.75) is 38.1 Å². The van der Waals surface area contributed by atoms with Gasteiger partial charge in [-0.3, -0.25) is 14.5 Å². The van der Waals surface area contributed by atoms with Gasteiger partial charge >= 0.3 is 0 Å². The predicted molar refractivity (Wildman–Crippen MR) is 127 cm³/mol. The van der Waals surface area contributed by atoms with E-state index in [-0.39, 0.29) is 11.1 Å². The third-order valence-corrected chi connectivity index (χ3v) is 6.92. The number of benzene rings is 1. The van der Waals surface area contributed by atoms with Crippen LogP contribution >= 0.6 is 0 Å². The van der Waals surface area contributed by atoms with Crippen LogP contribution in [-0.4, -0.2) is 29.1 Å². The van der Waals surface area contributed by atoms with Crippen LogP contribution in [0.5, 0.6) is 0 Å². The van der Waals surface area contributed by atoms with Crippen molar-refractivity contribution in [2.24, 2.45) is 13.0 Å². The monoisotopic (exact) mass is 454 g/mol. The summed E-state index contributed by atoms with van der Waals surface area (Å²) >= 11 is 0. The lowest BCUT2D eigenvalue weighted by molar-refractivity contribution is 0.602. The zero-order valence-electron chi connectivity index (χ0n) is 18.8. The summed E-state index contributed by atoms with van der Waals surface area (Å²) in [4.78, 5) is 18.6. The molecule has 0 unspecified atom stereocenters. The van der Waals surface area contributed by atoms with E-state index in [4.69, 9.17) is 0 Å². The molecular formula is C26H23FN6O. The molecule has 34 heavy (non-hydrogen) atoms. The molecule has 5 aromatic rings. The summed E-state index contributed by atoms with van der Waals surface area (Å²) in [6.45, 7) is 0.688. The first-order valence-electron chi connectivity index (χ1n) is 11.8. The van der Waals surface area contributed by atoms with Gasteiger partial charge in [-0.15, -0.1) is 0 Å². The lowest BCUT2D eigenvalue weighted by atomic mass is 10.1. The van der Waals surface area contributed by atoms with Gasteiger partial charge in [0.2, 0.25) is 0 Å². The van der Waals surface area contributed by atoms with Crippen molar-refractivity contribution < 1.29 is 4.39 Å². The van der Waals surface area contributed by atoms with E-state index in [1.54, 1.807) is 16.9 Å². The number of aromatic nitrogens is 6. The minimum Gasteiger partial charge on any atom is -0.342 e. The molecule has 1 aromatic carbocycles. The van der Waals surface area contributed by atoms with Crippen LogP contribution in [0.15, 0.2) is 53.7 Å². The van der Waals surface area contributed by atoms with Gasteiger partial charge in [-0.25, -0.2) is 4.39 Å². The summed E-state index contributed by atoms with van der Waals surface area (Å²) in [6, 6.07) is 9.45. The first-order chi connectivity index (χ1) is 16.5. The van der Waals surface area contributed by atoms with Gasteiger partial charge in [-0.05, 0) is 55.9 Å². The number of hydrogen-bond donors (Lipinski definition) is 0. The molecule has 7 rings (SSSR count). The molecule has 4 aromatic heterocycles. The minimum absolute atomic E-state index is 0.202. The van der Waals surface area contributed by atoms with E-state index in [0.29, 0.717) is 40.7 Å². The van der Waals surface area contributed by atoms with Crippen LogP contribution in [0.2, 0.25) is 0 Å². The summed E-state index contributed by atoms with van der Waals surface area (Å²) in [5, 5.41) is 9.80. The van der Waals surface area contributed by atoms with Crippen molar-refractivity contribution in [3.8, 4) is 16.8 Å². The number of halogens is 1. The molecule has 8 heteroatoms. The maximum Gasteiger partial charge on any atom is 0.281 e. The van der Waals surface area contributed by atoms with Crippen LogP contribution in [0.3, 0.4) is 0 Å². The molecule has 2 aliphatic carbocycles. The second kappa shape index (κ2) is 7.09. The second-order valence-electron chi connectivity index (χ2n) is 9.65. The van der Waals surface area contributed by atoms with Crippen molar-refractivity contribution in [1.29, 1.82) is 0 Å². The summed E-state index contributed by atoms with van der Waals surface area (Å²) in [5.74, 6) is 0.620. The van der Waals surface area contributed by atoms with Crippen LogP contribution in [0.1, 0.15) is 37.3 Å². The van der Waals surface area contributed by atoms with Crippen LogP contribution in [0.25, 0.3) is 38.8 Å². The standard InChI is InChI=1S/C26H23FN6O/c1-31-13-18-10-19(7-9-22(18)29-31)33-26(34)23(17-6-8-21(28-11-17)16-4-5-16)25-24(30-33)20(27)14-32(25)12-15-2-3-15/h6-11,13-16H,2-5,12H2,1H3. The van der Waals surface area contributed by atoms with Crippen LogP contribution in [0, 0.1) is 11.7 Å². The van der Waals surface area contributed by atoms with E-state index in [9.17, 15) is 4.79 Å². The van der Waals surface area contributed by atoms with Crippen molar-refractivity contribution in [3.63, 3.8) is 0 Å². The SMILES string of the molecule is Cn1cc2cc(-n3nc4c(F)cn(CC5CC5)c4c(-c4ccc(C5CC5)nc4)c3=O)ccc2n1. The number of hydrogen-bond acceptors (Lipinski definition) is 4. The molecule has 0 spiro atoms. The van der Waals surface area contributed by atoms with Gasteiger partial charge in [-0.2, -0.15) is 14.9 Å². The van der Waals surface area contributed by atoms with E-state index in [0.717, 1.165) is 42.3 Å². The normalized spacial score (nSPS) is 16.1. The average Bonchev–Trinajstić information content (AvgIpc) is 3.75. The largest absolute Gasteiger partial charge is 0.342 e. The Balaban J connectivity index is 1.48. The molecule has 2 fully saturated rings. The molecule has 7 nitrogen and oxygen atoms in total. The molecule has 0 radical (unpaired) electrons. The Hall–Kier alpha value is -3.81. The smallest absolute Gasteiger partial charge is 0.281 e. The van der Waals surface area contributed by atoms with Gasteiger partial charge in [0, 0.05) is 54.7 Å². The second-order valence-corrected chi connectivity index (χ2v) is 9.65. The minimum atomic E-state index is -0.421. The molecule has 0 amide bonds. The van der Waals surface area contributed by atoms with Crippen LogP contribution in [0.4, 0.5) is 4.39 Å². The zero-order chi connectivity index (χ0) is 23.0. The average molecular weight is 455 g/mol. The van der Waals surface area contributed by atoms with Gasteiger partial charge in [0.1, 0.15) is 5.52 Å². The molecule has 0 N–H and O–H groups in total. The fraction of sp³-hybridized carbons (Fsp3) is 0.308. The number of nitrogens with zero attached hydrogens (tertiary/aromatic N) is 6. The fourth-order valence-corrected chi connectivity index (χ4v) is 4.82. The highest BCUT2D eigenvalue weighted by Gasteiger charge is 2.28. The van der Waals surface area contributed by atoms with Gasteiger partial charge < -0.3 is 4.57 Å². The molecule has 4 heterocycles. The van der Waals surface area contributed by atoms with Gasteiger partial charge in [0.25, 0.3) is 5.56 Å². The van der Waals surface area contributed by atoms with Crippen LogP contribution < -0.4 is 5.56 Å². The van der Waals surface area contributed by atoms with Crippen molar-refractivity contribution in [3.05, 3.63) is 70.8 Å². The Morgan fingerprint density at radius 2 is 1.91 bits per heavy atom. The number of pyridine rings is 1. The Kier molecular flexibility index (Phi) is 4.10. The van der Waals surface area contributed by atoms with Crippen LogP contribution in [-0.2, 0) is 13.6 Å². The van der Waals surface area contributed by atoms with E-state index in [1.165, 1.54) is 10.9 Å². The Bertz CT molecular complexity index is 1640. The summed E-state index contributed by atoms with van der Waals surface area (Å²) in [5.41, 5.74) is 4.04. The summed E-state index contributed by atoms with van der Waals surface area (Å²) < 4.78 is 20.1. The molecule has 2 aliphatic rings. The van der Waals surface area contributed by atoms with Gasteiger partial charge in [0.05, 0.1) is 22.3 Å². The van der Waals surface area contributed by atoms with Gasteiger partial charge in [-0.1, -0.05) is 6.07 Å². The number of fused-ring (bicyclic) bond motifs is 2. The highest BCUT2D eigenvalue weighted by Crippen LogP contribution is 2.39. The van der Waals surface area contributed by atoms with E-state index < -0.39 is 5.82 Å². The third kappa shape index (κ3) is 3.16. The lowest BCUT2D eigenvalue weighted by Crippen LogP contribution is -2.24. The predicted octanol–water partition coefficient (Wildman–Crippen LogP) is 4.56. The highest BCUT2D eigenvalue weighted by atomic mass is 19.1. The first-order valence-corrected chi connectivity index (χ1v) is 11.8. The third-order valence-electron chi connectivity index (χ3n) is 6.92. The first kappa shape index (κ1) is 19.6. The van der Waals surface area contributed by atoms with Crippen molar-refractivity contribution in [1.82, 2.24) is 29.1 Å². The highest BCUT2D eigenvalue weighted by molar-refractivity contribution is 5.92. The van der Waals surface area contributed by atoms with E-state index >= 15 is 4.39 Å². The summed E-state index contributed by atoms with van der Waals surface area (Å²) in [7, 11) is 1.85. The Morgan fingerprint density at radius 1 is 1.06 bits per heavy atom. The van der Waals surface area contributed by atoms with Crippen molar-refractivity contribution >= 4 is 21.9 Å². The number of aryl methyl sites for hydroxylation is 1. The van der Waals surface area contributed by atoms with E-state index in [2.05, 4.69) is 15.2 Å². The molecule has 0 aliphatic heterocycles. The lowest BCUT2D eigenvalue weighted by Gasteiger charge is -2.12. The zero-order valence-corrected chi connectivity index (χ0v) is 18.8. The number of rotatable bonds is 5. The topological polar surface area (TPSA) is 70.5 Å². The molecular weight excluding hydrogens is 431 g/mol. The molecule has 0 bridgehead atoms. The maximum atomic E-state index is 15.2. The molecule has 2 saturated carbocycles.